The molecule has 5 rings (SSSR count). The first-order chi connectivity index (χ1) is 22.0. The molecule has 1 aliphatic heterocycles. The van der Waals surface area contributed by atoms with E-state index in [1.54, 1.807) is 56.3 Å². The quantitative estimate of drug-likeness (QED) is 0.128. The number of rotatable bonds is 10. The maximum Gasteiger partial charge on any atom is 0.338 e. The first kappa shape index (κ1) is 31.8. The summed E-state index contributed by atoms with van der Waals surface area (Å²) in [4.78, 5) is 53.0. The molecule has 1 aliphatic rings. The van der Waals surface area contributed by atoms with Crippen molar-refractivity contribution < 1.29 is 28.9 Å². The van der Waals surface area contributed by atoms with Gasteiger partial charge in [0.25, 0.3) is 11.2 Å². The number of carbonyl (C=O) groups is 1. The average Bonchev–Trinajstić information content (AvgIpc) is 3.31. The zero-order chi connectivity index (χ0) is 33.1. The minimum absolute atomic E-state index is 0.0257. The smallest absolute Gasteiger partial charge is 0.338 e. The van der Waals surface area contributed by atoms with Gasteiger partial charge in [0.15, 0.2) is 4.80 Å². The summed E-state index contributed by atoms with van der Waals surface area (Å²) in [6.45, 7) is 7.41. The number of benzene rings is 3. The van der Waals surface area contributed by atoms with E-state index in [9.17, 15) is 29.8 Å². The predicted octanol–water partition coefficient (Wildman–Crippen LogP) is 5.19. The van der Waals surface area contributed by atoms with Gasteiger partial charge in [-0.2, -0.15) is 0 Å². The number of carbonyl (C=O) groups excluding carboxylic acids is 1. The number of nitro benzene ring substituents is 2. The maximum absolute atomic E-state index is 13.9. The van der Waals surface area contributed by atoms with Crippen LogP contribution in [-0.4, -0.2) is 33.1 Å². The Morgan fingerprint density at radius 2 is 1.70 bits per heavy atom. The van der Waals surface area contributed by atoms with Crippen LogP contribution in [0.5, 0.6) is 17.2 Å². The van der Waals surface area contributed by atoms with Crippen molar-refractivity contribution >= 4 is 34.8 Å². The second kappa shape index (κ2) is 13.2. The summed E-state index contributed by atoms with van der Waals surface area (Å²) in [5.41, 5.74) is 0.688. The highest BCUT2D eigenvalue weighted by Crippen LogP contribution is 2.35. The van der Waals surface area contributed by atoms with Crippen molar-refractivity contribution in [2.45, 2.75) is 39.8 Å². The molecule has 0 bridgehead atoms. The lowest BCUT2D eigenvalue weighted by Gasteiger charge is -2.25. The van der Waals surface area contributed by atoms with Gasteiger partial charge in [0.05, 0.1) is 50.5 Å². The molecular formula is C32H28N4O9S. The van der Waals surface area contributed by atoms with Crippen LogP contribution in [0.4, 0.5) is 11.4 Å². The Hall–Kier alpha value is -5.63. The molecule has 236 valence electrons. The molecule has 0 radical (unpaired) electrons. The summed E-state index contributed by atoms with van der Waals surface area (Å²) in [6, 6.07) is 16.0. The molecule has 2 heterocycles. The summed E-state index contributed by atoms with van der Waals surface area (Å²) in [5, 5.41) is 22.5. The van der Waals surface area contributed by atoms with E-state index in [2.05, 4.69) is 4.99 Å². The first-order valence-corrected chi connectivity index (χ1v) is 15.0. The lowest BCUT2D eigenvalue weighted by Crippen LogP contribution is -2.39. The third-order valence-corrected chi connectivity index (χ3v) is 7.82. The fourth-order valence-electron chi connectivity index (χ4n) is 4.87. The Balaban J connectivity index is 1.51. The van der Waals surface area contributed by atoms with Crippen LogP contribution in [-0.2, 0) is 9.53 Å². The van der Waals surface area contributed by atoms with E-state index in [-0.39, 0.29) is 35.3 Å². The van der Waals surface area contributed by atoms with Crippen molar-refractivity contribution in [3.63, 3.8) is 0 Å². The Morgan fingerprint density at radius 1 is 1.02 bits per heavy atom. The van der Waals surface area contributed by atoms with Crippen LogP contribution in [0.15, 0.2) is 87.8 Å². The minimum atomic E-state index is -0.779. The lowest BCUT2D eigenvalue weighted by atomic mass is 9.96. The SMILES string of the molecule is CCOC(=O)C1=C(C)N=c2s/c(=C\c3ccc(Oc4ccc([N+](=O)[O-])cc4[N+](=O)[O-])cc3)c(=O)n2[C@H]1c1ccc(OC(C)C)cc1. The van der Waals surface area contributed by atoms with Gasteiger partial charge in [-0.3, -0.25) is 29.6 Å². The highest BCUT2D eigenvalue weighted by atomic mass is 32.1. The number of hydrogen-bond acceptors (Lipinski definition) is 11. The second-order valence-corrected chi connectivity index (χ2v) is 11.4. The highest BCUT2D eigenvalue weighted by molar-refractivity contribution is 7.07. The molecular weight excluding hydrogens is 616 g/mol. The first-order valence-electron chi connectivity index (χ1n) is 14.1. The van der Waals surface area contributed by atoms with Crippen LogP contribution in [0, 0.1) is 20.2 Å². The fourth-order valence-corrected chi connectivity index (χ4v) is 5.91. The molecule has 0 aliphatic carbocycles. The summed E-state index contributed by atoms with van der Waals surface area (Å²) in [7, 11) is 0. The number of nitrogens with zero attached hydrogens (tertiary/aromatic N) is 4. The van der Waals surface area contributed by atoms with Gasteiger partial charge < -0.3 is 14.2 Å². The van der Waals surface area contributed by atoms with Crippen molar-refractivity contribution in [2.75, 3.05) is 6.61 Å². The molecule has 0 N–H and O–H groups in total. The van der Waals surface area contributed by atoms with E-state index < -0.39 is 33.2 Å². The molecule has 4 aromatic rings. The Labute approximate surface area is 265 Å². The van der Waals surface area contributed by atoms with Gasteiger partial charge in [-0.15, -0.1) is 0 Å². The fraction of sp³-hybridized carbons (Fsp3) is 0.219. The normalized spacial score (nSPS) is 14.5. The number of aromatic nitrogens is 1. The summed E-state index contributed by atoms with van der Waals surface area (Å²) in [6.07, 6.45) is 1.64. The van der Waals surface area contributed by atoms with Crippen LogP contribution in [0.1, 0.15) is 44.9 Å². The number of ether oxygens (including phenoxy) is 3. The molecule has 0 unspecified atom stereocenters. The molecule has 14 heteroatoms. The third kappa shape index (κ3) is 6.56. The summed E-state index contributed by atoms with van der Waals surface area (Å²) in [5.74, 6) is 0.179. The zero-order valence-electron chi connectivity index (χ0n) is 25.2. The van der Waals surface area contributed by atoms with Gasteiger partial charge in [-0.05, 0) is 75.2 Å². The van der Waals surface area contributed by atoms with Crippen LogP contribution in [0.3, 0.4) is 0 Å². The van der Waals surface area contributed by atoms with Crippen LogP contribution < -0.4 is 24.4 Å². The van der Waals surface area contributed by atoms with Gasteiger partial charge in [0, 0.05) is 6.07 Å². The van der Waals surface area contributed by atoms with E-state index in [4.69, 9.17) is 14.2 Å². The Kier molecular flexibility index (Phi) is 9.09. The topological polar surface area (TPSA) is 165 Å². The highest BCUT2D eigenvalue weighted by Gasteiger charge is 2.33. The predicted molar refractivity (Wildman–Crippen MR) is 169 cm³/mol. The molecule has 0 saturated carbocycles. The van der Waals surface area contributed by atoms with Crippen LogP contribution >= 0.6 is 11.3 Å². The molecule has 1 aromatic heterocycles. The van der Waals surface area contributed by atoms with Crippen molar-refractivity contribution in [3.05, 3.63) is 129 Å². The van der Waals surface area contributed by atoms with Gasteiger partial charge in [0.2, 0.25) is 5.75 Å². The molecule has 1 atom stereocenters. The lowest BCUT2D eigenvalue weighted by molar-refractivity contribution is -0.394. The van der Waals surface area contributed by atoms with Crippen LogP contribution in [0.2, 0.25) is 0 Å². The van der Waals surface area contributed by atoms with E-state index in [1.807, 2.05) is 26.0 Å². The number of allylic oxidation sites excluding steroid dienone is 1. The molecule has 3 aromatic carbocycles. The molecule has 0 saturated heterocycles. The summed E-state index contributed by atoms with van der Waals surface area (Å²) < 4.78 is 18.6. The van der Waals surface area contributed by atoms with Gasteiger partial charge in [-0.25, -0.2) is 9.79 Å². The second-order valence-electron chi connectivity index (χ2n) is 10.4. The number of non-ortho nitro benzene ring substituents is 1. The number of fused-ring (bicyclic) bond motifs is 1. The maximum atomic E-state index is 13.9. The number of thiazole rings is 1. The zero-order valence-corrected chi connectivity index (χ0v) is 26.0. The van der Waals surface area contributed by atoms with E-state index >= 15 is 0 Å². The van der Waals surface area contributed by atoms with Crippen molar-refractivity contribution in [2.24, 2.45) is 4.99 Å². The average molecular weight is 645 g/mol. The van der Waals surface area contributed by atoms with Gasteiger partial charge in [0.1, 0.15) is 11.5 Å². The third-order valence-electron chi connectivity index (χ3n) is 6.84. The van der Waals surface area contributed by atoms with Crippen molar-refractivity contribution in [1.29, 1.82) is 0 Å². The van der Waals surface area contributed by atoms with Crippen molar-refractivity contribution in [1.82, 2.24) is 4.57 Å². The van der Waals surface area contributed by atoms with E-state index in [0.717, 1.165) is 12.1 Å². The number of hydrogen-bond donors (Lipinski definition) is 0. The Morgan fingerprint density at radius 3 is 2.30 bits per heavy atom. The standard InChI is InChI=1S/C32H28N4O9S/c1-5-43-31(38)28-19(4)33-32-34(29(28)21-8-13-23(14-9-21)44-18(2)3)30(37)27(46-32)16-20-6-11-24(12-7-20)45-26-15-10-22(35(39)40)17-25(26)36(41)42/h6-18,29H,5H2,1-4H3/b27-16-/t29-/m0/s1. The summed E-state index contributed by atoms with van der Waals surface area (Å²) >= 11 is 1.17. The molecule has 46 heavy (non-hydrogen) atoms. The minimum Gasteiger partial charge on any atom is -0.491 e. The van der Waals surface area contributed by atoms with Gasteiger partial charge in [-0.1, -0.05) is 35.6 Å². The van der Waals surface area contributed by atoms with Crippen LogP contribution in [0.25, 0.3) is 6.08 Å². The van der Waals surface area contributed by atoms with E-state index in [1.165, 1.54) is 22.0 Å². The Bertz CT molecular complexity index is 2050. The van der Waals surface area contributed by atoms with Crippen molar-refractivity contribution in [3.8, 4) is 17.2 Å². The van der Waals surface area contributed by atoms with E-state index in [0.29, 0.717) is 31.9 Å². The number of nitro groups is 2. The number of esters is 1. The molecule has 0 fully saturated rings. The largest absolute Gasteiger partial charge is 0.491 e. The monoisotopic (exact) mass is 644 g/mol. The van der Waals surface area contributed by atoms with Gasteiger partial charge >= 0.3 is 11.7 Å². The molecule has 0 amide bonds. The molecule has 13 nitrogen and oxygen atoms in total. The molecule has 0 spiro atoms.